The Hall–Kier alpha value is -2.49. The molecular formula is C17H18O4. The Morgan fingerprint density at radius 3 is 2.48 bits per heavy atom. The fourth-order valence-electron chi connectivity index (χ4n) is 2.08. The van der Waals surface area contributed by atoms with Crippen LogP contribution in [0.15, 0.2) is 42.5 Å². The van der Waals surface area contributed by atoms with Gasteiger partial charge < -0.3 is 14.6 Å². The Kier molecular flexibility index (Phi) is 4.82. The summed E-state index contributed by atoms with van der Waals surface area (Å²) in [5.41, 5.74) is 1.94. The zero-order valence-corrected chi connectivity index (χ0v) is 12.1. The lowest BCUT2D eigenvalue weighted by molar-refractivity contribution is 0.0681. The molecule has 0 heterocycles. The van der Waals surface area contributed by atoms with Gasteiger partial charge in [-0.15, -0.1) is 0 Å². The van der Waals surface area contributed by atoms with Gasteiger partial charge in [-0.2, -0.15) is 0 Å². The molecule has 2 rings (SSSR count). The van der Waals surface area contributed by atoms with Gasteiger partial charge >= 0.3 is 5.97 Å². The van der Waals surface area contributed by atoms with E-state index in [0.29, 0.717) is 11.5 Å². The van der Waals surface area contributed by atoms with Gasteiger partial charge in [-0.1, -0.05) is 31.2 Å². The highest BCUT2D eigenvalue weighted by Crippen LogP contribution is 2.26. The average molecular weight is 286 g/mol. The number of aromatic carboxylic acids is 1. The van der Waals surface area contributed by atoms with Crippen molar-refractivity contribution in [2.75, 3.05) is 6.79 Å². The van der Waals surface area contributed by atoms with Crippen molar-refractivity contribution in [3.63, 3.8) is 0 Å². The molecule has 4 nitrogen and oxygen atoms in total. The van der Waals surface area contributed by atoms with Gasteiger partial charge in [0.1, 0.15) is 17.1 Å². The van der Waals surface area contributed by atoms with E-state index in [0.717, 1.165) is 17.5 Å². The van der Waals surface area contributed by atoms with E-state index in [1.54, 1.807) is 6.07 Å². The largest absolute Gasteiger partial charge is 0.478 e. The van der Waals surface area contributed by atoms with Crippen LogP contribution in [0.1, 0.15) is 28.4 Å². The van der Waals surface area contributed by atoms with Gasteiger partial charge in [-0.3, -0.25) is 0 Å². The van der Waals surface area contributed by atoms with Crippen LogP contribution in [0.25, 0.3) is 0 Å². The van der Waals surface area contributed by atoms with Crippen LogP contribution in [0.2, 0.25) is 0 Å². The highest BCUT2D eigenvalue weighted by Gasteiger charge is 2.15. The summed E-state index contributed by atoms with van der Waals surface area (Å²) in [5, 5.41) is 9.31. The molecule has 0 atom stereocenters. The second-order valence-corrected chi connectivity index (χ2v) is 4.67. The predicted octanol–water partition coefficient (Wildman–Crippen LogP) is 3.67. The molecule has 0 unspecified atom stereocenters. The van der Waals surface area contributed by atoms with E-state index in [4.69, 9.17) is 9.47 Å². The smallest absolute Gasteiger partial charge is 0.339 e. The fourth-order valence-corrected chi connectivity index (χ4v) is 2.08. The van der Waals surface area contributed by atoms with E-state index >= 15 is 0 Å². The zero-order chi connectivity index (χ0) is 15.2. The molecule has 0 fully saturated rings. The van der Waals surface area contributed by atoms with Gasteiger partial charge in [0.25, 0.3) is 0 Å². The molecule has 0 spiro atoms. The average Bonchev–Trinajstić information content (AvgIpc) is 2.49. The van der Waals surface area contributed by atoms with Crippen molar-refractivity contribution in [2.24, 2.45) is 0 Å². The van der Waals surface area contributed by atoms with Gasteiger partial charge in [0, 0.05) is 0 Å². The summed E-state index contributed by atoms with van der Waals surface area (Å²) in [6.45, 7) is 3.79. The van der Waals surface area contributed by atoms with E-state index in [1.165, 1.54) is 0 Å². The molecule has 0 saturated carbocycles. The van der Waals surface area contributed by atoms with Crippen molar-refractivity contribution in [3.8, 4) is 11.5 Å². The van der Waals surface area contributed by atoms with Crippen LogP contribution in [0.3, 0.4) is 0 Å². The predicted molar refractivity (Wildman–Crippen MR) is 80.1 cm³/mol. The maximum atomic E-state index is 11.4. The van der Waals surface area contributed by atoms with Crippen LogP contribution in [0.5, 0.6) is 11.5 Å². The van der Waals surface area contributed by atoms with Crippen molar-refractivity contribution in [3.05, 3.63) is 59.2 Å². The Bertz CT molecular complexity index is 620. The highest BCUT2D eigenvalue weighted by molar-refractivity contribution is 5.91. The van der Waals surface area contributed by atoms with Crippen LogP contribution in [0, 0.1) is 6.92 Å². The summed E-state index contributed by atoms with van der Waals surface area (Å²) in [6.07, 6.45) is 0.780. The first kappa shape index (κ1) is 14.9. The maximum Gasteiger partial charge on any atom is 0.339 e. The molecule has 2 aromatic carbocycles. The SMILES string of the molecule is CCc1cc(C)c(OCOc2ccccc2)c(C(=O)O)c1. The monoisotopic (exact) mass is 286 g/mol. The van der Waals surface area contributed by atoms with Crippen LogP contribution >= 0.6 is 0 Å². The van der Waals surface area contributed by atoms with E-state index in [9.17, 15) is 9.90 Å². The Labute approximate surface area is 123 Å². The third-order valence-electron chi connectivity index (χ3n) is 3.15. The molecule has 0 aliphatic rings. The molecule has 0 aliphatic heterocycles. The van der Waals surface area contributed by atoms with Crippen LogP contribution in [-0.4, -0.2) is 17.9 Å². The molecule has 4 heteroatoms. The number of rotatable bonds is 6. The first-order chi connectivity index (χ1) is 10.1. The molecule has 0 saturated heterocycles. The zero-order valence-electron chi connectivity index (χ0n) is 12.1. The molecule has 110 valence electrons. The molecule has 1 N–H and O–H groups in total. The number of carboxylic acid groups (broad SMARTS) is 1. The molecular weight excluding hydrogens is 268 g/mol. The van der Waals surface area contributed by atoms with Crippen molar-refractivity contribution in [1.29, 1.82) is 0 Å². The number of benzene rings is 2. The lowest BCUT2D eigenvalue weighted by atomic mass is 10.0. The minimum Gasteiger partial charge on any atom is -0.478 e. The first-order valence-electron chi connectivity index (χ1n) is 6.79. The number of hydrogen-bond donors (Lipinski definition) is 1. The number of aryl methyl sites for hydroxylation is 2. The van der Waals surface area contributed by atoms with Gasteiger partial charge in [-0.25, -0.2) is 4.79 Å². The molecule has 0 bridgehead atoms. The molecule has 21 heavy (non-hydrogen) atoms. The van der Waals surface area contributed by atoms with Crippen molar-refractivity contribution in [2.45, 2.75) is 20.3 Å². The molecule has 2 aromatic rings. The Morgan fingerprint density at radius 1 is 1.14 bits per heavy atom. The molecule has 0 radical (unpaired) electrons. The first-order valence-corrected chi connectivity index (χ1v) is 6.79. The maximum absolute atomic E-state index is 11.4. The summed E-state index contributed by atoms with van der Waals surface area (Å²) >= 11 is 0. The lowest BCUT2D eigenvalue weighted by Gasteiger charge is -2.14. The fraction of sp³-hybridized carbons (Fsp3) is 0.235. The summed E-state index contributed by atoms with van der Waals surface area (Å²) in [6, 6.07) is 12.8. The third-order valence-corrected chi connectivity index (χ3v) is 3.15. The quantitative estimate of drug-likeness (QED) is 0.823. The second-order valence-electron chi connectivity index (χ2n) is 4.67. The Balaban J connectivity index is 2.13. The van der Waals surface area contributed by atoms with E-state index in [2.05, 4.69) is 0 Å². The number of para-hydroxylation sites is 1. The summed E-state index contributed by atoms with van der Waals surface area (Å²) in [5.74, 6) is 0.0379. The van der Waals surface area contributed by atoms with Crippen molar-refractivity contribution in [1.82, 2.24) is 0 Å². The molecule has 0 aromatic heterocycles. The summed E-state index contributed by atoms with van der Waals surface area (Å²) in [7, 11) is 0. The van der Waals surface area contributed by atoms with Crippen molar-refractivity contribution < 1.29 is 19.4 Å². The molecule has 0 amide bonds. The minimum atomic E-state index is -0.997. The second kappa shape index (κ2) is 6.79. The standard InChI is InChI=1S/C17H18O4/c1-3-13-9-12(2)16(15(10-13)17(18)19)21-11-20-14-7-5-4-6-8-14/h4-10H,3,11H2,1-2H3,(H,18,19). The van der Waals surface area contributed by atoms with E-state index in [1.807, 2.05) is 50.2 Å². The Morgan fingerprint density at radius 2 is 1.86 bits per heavy atom. The van der Waals surface area contributed by atoms with Gasteiger partial charge in [0.05, 0.1) is 0 Å². The van der Waals surface area contributed by atoms with Gasteiger partial charge in [0.2, 0.25) is 6.79 Å². The van der Waals surface area contributed by atoms with Gasteiger partial charge in [-0.05, 0) is 42.7 Å². The highest BCUT2D eigenvalue weighted by atomic mass is 16.7. The minimum absolute atomic E-state index is 0.0311. The van der Waals surface area contributed by atoms with E-state index in [-0.39, 0.29) is 12.4 Å². The summed E-state index contributed by atoms with van der Waals surface area (Å²) in [4.78, 5) is 11.4. The van der Waals surface area contributed by atoms with Gasteiger partial charge in [0.15, 0.2) is 0 Å². The number of carboxylic acids is 1. The lowest BCUT2D eigenvalue weighted by Crippen LogP contribution is -2.11. The topological polar surface area (TPSA) is 55.8 Å². The number of hydrogen-bond acceptors (Lipinski definition) is 3. The third kappa shape index (κ3) is 3.75. The van der Waals surface area contributed by atoms with Crippen LogP contribution in [0.4, 0.5) is 0 Å². The summed E-state index contributed by atoms with van der Waals surface area (Å²) < 4.78 is 11.0. The normalized spacial score (nSPS) is 10.2. The van der Waals surface area contributed by atoms with E-state index < -0.39 is 5.97 Å². The van der Waals surface area contributed by atoms with Crippen LogP contribution < -0.4 is 9.47 Å². The van der Waals surface area contributed by atoms with Crippen molar-refractivity contribution >= 4 is 5.97 Å². The van der Waals surface area contributed by atoms with Crippen LogP contribution in [-0.2, 0) is 6.42 Å². The number of ether oxygens (including phenoxy) is 2. The number of carbonyl (C=O) groups is 1. The molecule has 0 aliphatic carbocycles.